The van der Waals surface area contributed by atoms with E-state index in [2.05, 4.69) is 119 Å². The van der Waals surface area contributed by atoms with E-state index in [0.717, 1.165) is 71.9 Å². The molecule has 0 N–H and O–H groups in total. The van der Waals surface area contributed by atoms with E-state index in [1.165, 1.54) is 21.5 Å². The monoisotopic (exact) mass is 587 g/mol. The van der Waals surface area contributed by atoms with E-state index >= 15 is 0 Å². The van der Waals surface area contributed by atoms with Gasteiger partial charge in [-0.05, 0) is 75.8 Å². The lowest BCUT2D eigenvalue weighted by atomic mass is 9.99. The van der Waals surface area contributed by atoms with E-state index in [-0.39, 0.29) is 0 Å². The summed E-state index contributed by atoms with van der Waals surface area (Å²) in [6.45, 7) is 0. The van der Waals surface area contributed by atoms with Gasteiger partial charge in [0.2, 0.25) is 0 Å². The molecule has 4 heteroatoms. The lowest BCUT2D eigenvalue weighted by molar-refractivity contribution is 0.669. The largest absolute Gasteiger partial charge is 0.456 e. The SMILES string of the molecule is c1ccc(-c2cnc(-n3c4ccc(-c5ccc6oc7ccccc7c6c5)cc4c4c5ccccc5ccc43)c3ccccc23)nc1. The third-order valence-electron chi connectivity index (χ3n) is 9.29. The molecule has 4 nitrogen and oxygen atoms in total. The lowest BCUT2D eigenvalue weighted by Crippen LogP contribution is -2.00. The number of rotatable bonds is 3. The van der Waals surface area contributed by atoms with Gasteiger partial charge in [0.1, 0.15) is 17.0 Å². The highest BCUT2D eigenvalue weighted by molar-refractivity contribution is 6.22. The van der Waals surface area contributed by atoms with Crippen LogP contribution < -0.4 is 0 Å². The minimum Gasteiger partial charge on any atom is -0.456 e. The van der Waals surface area contributed by atoms with E-state index in [1.807, 2.05) is 42.7 Å². The zero-order chi connectivity index (χ0) is 30.2. The molecule has 0 atom stereocenters. The molecule has 6 aromatic carbocycles. The third-order valence-corrected chi connectivity index (χ3v) is 9.29. The van der Waals surface area contributed by atoms with Gasteiger partial charge in [0.15, 0.2) is 0 Å². The van der Waals surface area contributed by atoms with E-state index in [9.17, 15) is 0 Å². The molecule has 0 aliphatic heterocycles. The highest BCUT2D eigenvalue weighted by Gasteiger charge is 2.19. The maximum atomic E-state index is 6.13. The van der Waals surface area contributed by atoms with Crippen LogP contribution in [0.3, 0.4) is 0 Å². The average Bonchev–Trinajstić information content (AvgIpc) is 3.66. The molecule has 214 valence electrons. The van der Waals surface area contributed by atoms with Gasteiger partial charge in [-0.2, -0.15) is 0 Å². The van der Waals surface area contributed by atoms with Crippen LogP contribution in [-0.4, -0.2) is 14.5 Å². The van der Waals surface area contributed by atoms with E-state index in [1.54, 1.807) is 0 Å². The standard InChI is InChI=1S/C42H25N3O/c1-2-10-29-26(9-1)16-20-38-41(29)34-24-27(28-18-21-40-33(23-28)31-12-5-6-15-39(31)46-40)17-19-37(34)45(38)42-32-13-4-3-11-30(32)35(25-44-42)36-14-7-8-22-43-36/h1-25H. The van der Waals surface area contributed by atoms with Crippen molar-refractivity contribution in [2.45, 2.75) is 0 Å². The maximum absolute atomic E-state index is 6.13. The van der Waals surface area contributed by atoms with Crippen LogP contribution >= 0.6 is 0 Å². The van der Waals surface area contributed by atoms with Crippen LogP contribution in [0.25, 0.3) is 93.5 Å². The fourth-order valence-electron chi connectivity index (χ4n) is 7.19. The topological polar surface area (TPSA) is 43.9 Å². The van der Waals surface area contributed by atoms with Crippen molar-refractivity contribution < 1.29 is 4.42 Å². The average molecular weight is 588 g/mol. The minimum atomic E-state index is 0.903. The van der Waals surface area contributed by atoms with Gasteiger partial charge < -0.3 is 4.42 Å². The Morgan fingerprint density at radius 2 is 1.17 bits per heavy atom. The Bertz CT molecular complexity index is 2810. The summed E-state index contributed by atoms with van der Waals surface area (Å²) in [6.07, 6.45) is 3.80. The molecular formula is C42H25N3O. The molecule has 10 rings (SSSR count). The predicted molar refractivity (Wildman–Crippen MR) is 190 cm³/mol. The second kappa shape index (κ2) is 9.62. The molecule has 0 spiro atoms. The fraction of sp³-hybridized carbons (Fsp3) is 0. The zero-order valence-electron chi connectivity index (χ0n) is 24.7. The first kappa shape index (κ1) is 25.1. The van der Waals surface area contributed by atoms with Gasteiger partial charge in [0, 0.05) is 44.9 Å². The predicted octanol–water partition coefficient (Wildman–Crippen LogP) is 11.1. The van der Waals surface area contributed by atoms with Crippen molar-refractivity contribution in [3.63, 3.8) is 0 Å². The first-order valence-electron chi connectivity index (χ1n) is 15.5. The van der Waals surface area contributed by atoms with Crippen LogP contribution in [0.1, 0.15) is 0 Å². The van der Waals surface area contributed by atoms with Crippen LogP contribution in [0, 0.1) is 0 Å². The number of furan rings is 1. The molecule has 0 fully saturated rings. The molecule has 46 heavy (non-hydrogen) atoms. The van der Waals surface area contributed by atoms with Gasteiger partial charge in [0.05, 0.1) is 16.7 Å². The fourth-order valence-corrected chi connectivity index (χ4v) is 7.19. The molecule has 0 aliphatic rings. The highest BCUT2D eigenvalue weighted by Crippen LogP contribution is 2.41. The molecule has 10 aromatic rings. The summed E-state index contributed by atoms with van der Waals surface area (Å²) in [5, 5.41) is 9.34. The Morgan fingerprint density at radius 3 is 2.04 bits per heavy atom. The smallest absolute Gasteiger partial charge is 0.145 e. The molecule has 0 saturated heterocycles. The van der Waals surface area contributed by atoms with Crippen molar-refractivity contribution in [1.82, 2.24) is 14.5 Å². The molecule has 0 radical (unpaired) electrons. The van der Waals surface area contributed by atoms with Gasteiger partial charge in [-0.3, -0.25) is 9.55 Å². The van der Waals surface area contributed by atoms with Crippen LogP contribution in [0.4, 0.5) is 0 Å². The number of para-hydroxylation sites is 1. The summed E-state index contributed by atoms with van der Waals surface area (Å²) in [7, 11) is 0. The Hall–Kier alpha value is -6.26. The number of hydrogen-bond acceptors (Lipinski definition) is 3. The lowest BCUT2D eigenvalue weighted by Gasteiger charge is -2.13. The Kier molecular flexibility index (Phi) is 5.25. The molecule has 0 saturated carbocycles. The van der Waals surface area contributed by atoms with Crippen molar-refractivity contribution in [2.24, 2.45) is 0 Å². The van der Waals surface area contributed by atoms with Gasteiger partial charge in [0.25, 0.3) is 0 Å². The second-order valence-corrected chi connectivity index (χ2v) is 11.8. The first-order valence-corrected chi connectivity index (χ1v) is 15.5. The summed E-state index contributed by atoms with van der Waals surface area (Å²) < 4.78 is 8.46. The molecule has 0 bridgehead atoms. The third kappa shape index (κ3) is 3.61. The molecule has 0 aliphatic carbocycles. The first-order chi connectivity index (χ1) is 22.8. The Labute approximate surface area is 263 Å². The van der Waals surface area contributed by atoms with Crippen molar-refractivity contribution in [2.75, 3.05) is 0 Å². The maximum Gasteiger partial charge on any atom is 0.145 e. The van der Waals surface area contributed by atoms with Crippen LogP contribution in [-0.2, 0) is 0 Å². The highest BCUT2D eigenvalue weighted by atomic mass is 16.3. The number of hydrogen-bond donors (Lipinski definition) is 0. The molecule has 4 heterocycles. The summed E-state index contributed by atoms with van der Waals surface area (Å²) >= 11 is 0. The van der Waals surface area contributed by atoms with E-state index < -0.39 is 0 Å². The second-order valence-electron chi connectivity index (χ2n) is 11.8. The Morgan fingerprint density at radius 1 is 0.478 bits per heavy atom. The molecule has 0 unspecified atom stereocenters. The van der Waals surface area contributed by atoms with Crippen LogP contribution in [0.15, 0.2) is 156 Å². The Balaban J connectivity index is 1.27. The van der Waals surface area contributed by atoms with Crippen molar-refractivity contribution >= 4 is 65.3 Å². The molecule has 4 aromatic heterocycles. The number of nitrogens with zero attached hydrogens (tertiary/aromatic N) is 3. The molecular weight excluding hydrogens is 562 g/mol. The van der Waals surface area contributed by atoms with E-state index in [0.29, 0.717) is 0 Å². The normalized spacial score (nSPS) is 11.9. The van der Waals surface area contributed by atoms with Gasteiger partial charge >= 0.3 is 0 Å². The van der Waals surface area contributed by atoms with Crippen molar-refractivity contribution in [3.8, 4) is 28.2 Å². The summed E-state index contributed by atoms with van der Waals surface area (Å²) in [4.78, 5) is 9.80. The summed E-state index contributed by atoms with van der Waals surface area (Å²) in [5.41, 5.74) is 8.32. The van der Waals surface area contributed by atoms with Gasteiger partial charge in [-0.25, -0.2) is 4.98 Å². The summed E-state index contributed by atoms with van der Waals surface area (Å²) in [6, 6.07) is 49.2. The number of aromatic nitrogens is 3. The minimum absolute atomic E-state index is 0.903. The van der Waals surface area contributed by atoms with Crippen molar-refractivity contribution in [3.05, 3.63) is 152 Å². The number of benzene rings is 6. The summed E-state index contributed by atoms with van der Waals surface area (Å²) in [5.74, 6) is 0.907. The van der Waals surface area contributed by atoms with Crippen molar-refractivity contribution in [1.29, 1.82) is 0 Å². The van der Waals surface area contributed by atoms with Gasteiger partial charge in [-0.15, -0.1) is 0 Å². The zero-order valence-corrected chi connectivity index (χ0v) is 24.7. The number of fused-ring (bicyclic) bond motifs is 9. The number of pyridine rings is 2. The quantitative estimate of drug-likeness (QED) is 0.207. The molecule has 0 amide bonds. The van der Waals surface area contributed by atoms with Gasteiger partial charge in [-0.1, -0.05) is 91.0 Å². The van der Waals surface area contributed by atoms with Crippen LogP contribution in [0.2, 0.25) is 0 Å². The van der Waals surface area contributed by atoms with Crippen LogP contribution in [0.5, 0.6) is 0 Å². The van der Waals surface area contributed by atoms with E-state index in [4.69, 9.17) is 9.40 Å².